The lowest BCUT2D eigenvalue weighted by Crippen LogP contribution is -2.27. The molecule has 0 bridgehead atoms. The third-order valence-electron chi connectivity index (χ3n) is 3.46. The summed E-state index contributed by atoms with van der Waals surface area (Å²) in [7, 11) is 1.82. The molecule has 0 spiro atoms. The van der Waals surface area contributed by atoms with Gasteiger partial charge in [-0.25, -0.2) is 0 Å². The van der Waals surface area contributed by atoms with Crippen LogP contribution >= 0.6 is 0 Å². The van der Waals surface area contributed by atoms with Gasteiger partial charge in [0.1, 0.15) is 11.5 Å². The van der Waals surface area contributed by atoms with E-state index in [-0.39, 0.29) is 11.8 Å². The van der Waals surface area contributed by atoms with E-state index >= 15 is 0 Å². The van der Waals surface area contributed by atoms with E-state index in [0.717, 1.165) is 11.5 Å². The van der Waals surface area contributed by atoms with Crippen molar-refractivity contribution in [3.05, 3.63) is 59.5 Å². The van der Waals surface area contributed by atoms with E-state index in [1.165, 1.54) is 5.56 Å². The second kappa shape index (κ2) is 6.42. The Kier molecular flexibility index (Phi) is 4.61. The van der Waals surface area contributed by atoms with E-state index in [9.17, 15) is 4.79 Å². The summed E-state index contributed by atoms with van der Waals surface area (Å²) >= 11 is 0. The molecule has 1 aromatic carbocycles. The number of furan rings is 1. The maximum absolute atomic E-state index is 12.2. The van der Waals surface area contributed by atoms with Gasteiger partial charge in [-0.05, 0) is 30.5 Å². The number of benzene rings is 1. The number of aryl methyl sites for hydroxylation is 1. The summed E-state index contributed by atoms with van der Waals surface area (Å²) < 4.78 is 5.50. The first kappa shape index (κ1) is 14.4. The first-order valence-electron chi connectivity index (χ1n) is 6.90. The van der Waals surface area contributed by atoms with Crippen LogP contribution in [0.3, 0.4) is 0 Å². The van der Waals surface area contributed by atoms with Crippen LogP contribution in [0.5, 0.6) is 0 Å². The Balaban J connectivity index is 1.91. The first-order valence-corrected chi connectivity index (χ1v) is 6.90. The lowest BCUT2D eigenvalue weighted by molar-refractivity contribution is -0.131. The number of rotatable bonds is 5. The Morgan fingerprint density at radius 3 is 2.50 bits per heavy atom. The number of amides is 1. The van der Waals surface area contributed by atoms with E-state index in [0.29, 0.717) is 13.0 Å². The van der Waals surface area contributed by atoms with Crippen LogP contribution in [0.15, 0.2) is 46.9 Å². The fraction of sp³-hybridized carbons (Fsp3) is 0.353. The van der Waals surface area contributed by atoms with Gasteiger partial charge in [0.15, 0.2) is 0 Å². The first-order chi connectivity index (χ1) is 9.56. The zero-order valence-electron chi connectivity index (χ0n) is 12.3. The summed E-state index contributed by atoms with van der Waals surface area (Å²) in [5.41, 5.74) is 1.20. The zero-order chi connectivity index (χ0) is 14.5. The minimum atomic E-state index is 0.135. The minimum absolute atomic E-state index is 0.135. The largest absolute Gasteiger partial charge is 0.464 e. The van der Waals surface area contributed by atoms with Crippen LogP contribution in [0.25, 0.3) is 0 Å². The monoisotopic (exact) mass is 271 g/mol. The van der Waals surface area contributed by atoms with Gasteiger partial charge >= 0.3 is 0 Å². The van der Waals surface area contributed by atoms with Gasteiger partial charge in [0, 0.05) is 13.5 Å². The topological polar surface area (TPSA) is 33.5 Å². The van der Waals surface area contributed by atoms with Crippen LogP contribution in [-0.2, 0) is 11.3 Å². The van der Waals surface area contributed by atoms with Gasteiger partial charge < -0.3 is 9.32 Å². The van der Waals surface area contributed by atoms with Crippen LogP contribution in [0, 0.1) is 6.92 Å². The predicted octanol–water partition coefficient (Wildman–Crippen LogP) is 3.74. The number of carbonyl (C=O) groups excluding carboxylic acids is 1. The maximum Gasteiger partial charge on any atom is 0.223 e. The molecule has 0 aliphatic heterocycles. The molecule has 0 saturated carbocycles. The highest BCUT2D eigenvalue weighted by atomic mass is 16.3. The van der Waals surface area contributed by atoms with Crippen molar-refractivity contribution in [3.8, 4) is 0 Å². The summed E-state index contributed by atoms with van der Waals surface area (Å²) in [5, 5.41) is 0. The van der Waals surface area contributed by atoms with Crippen molar-refractivity contribution < 1.29 is 9.21 Å². The number of hydrogen-bond donors (Lipinski definition) is 0. The van der Waals surface area contributed by atoms with Gasteiger partial charge in [-0.15, -0.1) is 0 Å². The Labute approximate surface area is 120 Å². The smallest absolute Gasteiger partial charge is 0.223 e. The number of hydrogen-bond acceptors (Lipinski definition) is 2. The van der Waals surface area contributed by atoms with Crippen LogP contribution in [0.4, 0.5) is 0 Å². The van der Waals surface area contributed by atoms with Gasteiger partial charge in [-0.3, -0.25) is 4.79 Å². The van der Waals surface area contributed by atoms with Crippen LogP contribution in [0.2, 0.25) is 0 Å². The molecule has 2 rings (SSSR count). The molecule has 1 atom stereocenters. The van der Waals surface area contributed by atoms with Crippen molar-refractivity contribution in [1.29, 1.82) is 0 Å². The van der Waals surface area contributed by atoms with Crippen LogP contribution < -0.4 is 0 Å². The Hall–Kier alpha value is -2.03. The quantitative estimate of drug-likeness (QED) is 0.830. The molecule has 0 fully saturated rings. The molecule has 1 unspecified atom stereocenters. The van der Waals surface area contributed by atoms with Crippen molar-refractivity contribution in [2.75, 3.05) is 7.05 Å². The van der Waals surface area contributed by atoms with E-state index < -0.39 is 0 Å². The molecule has 1 heterocycles. The SMILES string of the molecule is Cc1ccc(CN(C)C(=O)CC(C)c2ccccc2)o1. The zero-order valence-corrected chi connectivity index (χ0v) is 12.3. The summed E-state index contributed by atoms with van der Waals surface area (Å²) in [6.45, 7) is 4.51. The third kappa shape index (κ3) is 3.73. The molecule has 3 nitrogen and oxygen atoms in total. The number of nitrogens with zero attached hydrogens (tertiary/aromatic N) is 1. The lowest BCUT2D eigenvalue weighted by Gasteiger charge is -2.19. The van der Waals surface area contributed by atoms with Crippen molar-refractivity contribution in [2.24, 2.45) is 0 Å². The second-order valence-corrected chi connectivity index (χ2v) is 5.28. The van der Waals surface area contributed by atoms with Crippen molar-refractivity contribution in [2.45, 2.75) is 32.7 Å². The Bertz CT molecular complexity index is 559. The summed E-state index contributed by atoms with van der Waals surface area (Å²) in [4.78, 5) is 13.9. The second-order valence-electron chi connectivity index (χ2n) is 5.28. The van der Waals surface area contributed by atoms with E-state index in [4.69, 9.17) is 4.42 Å². The minimum Gasteiger partial charge on any atom is -0.464 e. The van der Waals surface area contributed by atoms with Crippen molar-refractivity contribution >= 4 is 5.91 Å². The molecule has 20 heavy (non-hydrogen) atoms. The van der Waals surface area contributed by atoms with Crippen LogP contribution in [0.1, 0.15) is 36.3 Å². The van der Waals surface area contributed by atoms with Crippen LogP contribution in [-0.4, -0.2) is 17.9 Å². The highest BCUT2D eigenvalue weighted by Crippen LogP contribution is 2.20. The standard InChI is InChI=1S/C17H21NO2/c1-13(15-7-5-4-6-8-15)11-17(19)18(3)12-16-10-9-14(2)20-16/h4-10,13H,11-12H2,1-3H3. The normalized spacial score (nSPS) is 12.2. The fourth-order valence-corrected chi connectivity index (χ4v) is 2.21. The molecule has 0 radical (unpaired) electrons. The highest BCUT2D eigenvalue weighted by molar-refractivity contribution is 5.76. The summed E-state index contributed by atoms with van der Waals surface area (Å²) in [6.07, 6.45) is 0.514. The maximum atomic E-state index is 12.2. The average molecular weight is 271 g/mol. The molecule has 0 aliphatic rings. The lowest BCUT2D eigenvalue weighted by atomic mass is 9.97. The fourth-order valence-electron chi connectivity index (χ4n) is 2.21. The average Bonchev–Trinajstić information content (AvgIpc) is 2.85. The molecule has 1 aromatic heterocycles. The summed E-state index contributed by atoms with van der Waals surface area (Å²) in [5.74, 6) is 2.06. The highest BCUT2D eigenvalue weighted by Gasteiger charge is 2.15. The number of carbonyl (C=O) groups is 1. The molecule has 106 valence electrons. The van der Waals surface area contributed by atoms with Gasteiger partial charge in [0.25, 0.3) is 0 Å². The molecule has 2 aromatic rings. The van der Waals surface area contributed by atoms with E-state index in [1.807, 2.05) is 44.3 Å². The van der Waals surface area contributed by atoms with Crippen molar-refractivity contribution in [1.82, 2.24) is 4.90 Å². The van der Waals surface area contributed by atoms with Gasteiger partial charge in [-0.1, -0.05) is 37.3 Å². The Morgan fingerprint density at radius 2 is 1.90 bits per heavy atom. The summed E-state index contributed by atoms with van der Waals surface area (Å²) in [6, 6.07) is 14.0. The molecular weight excluding hydrogens is 250 g/mol. The van der Waals surface area contributed by atoms with Gasteiger partial charge in [-0.2, -0.15) is 0 Å². The molecule has 3 heteroatoms. The molecule has 0 N–H and O–H groups in total. The molecule has 1 amide bonds. The van der Waals surface area contributed by atoms with E-state index in [1.54, 1.807) is 4.90 Å². The third-order valence-corrected chi connectivity index (χ3v) is 3.46. The molecule has 0 aliphatic carbocycles. The van der Waals surface area contributed by atoms with Gasteiger partial charge in [0.05, 0.1) is 6.54 Å². The van der Waals surface area contributed by atoms with E-state index in [2.05, 4.69) is 19.1 Å². The predicted molar refractivity (Wildman–Crippen MR) is 79.4 cm³/mol. The molecular formula is C17H21NO2. The molecule has 0 saturated heterocycles. The van der Waals surface area contributed by atoms with Crippen molar-refractivity contribution in [3.63, 3.8) is 0 Å². The van der Waals surface area contributed by atoms with Gasteiger partial charge in [0.2, 0.25) is 5.91 Å². The Morgan fingerprint density at radius 1 is 1.20 bits per heavy atom.